The maximum Gasteiger partial charge on any atom is 0.228 e. The molecule has 0 unspecified atom stereocenters. The highest BCUT2D eigenvalue weighted by Crippen LogP contribution is 2.54. The van der Waals surface area contributed by atoms with Crippen molar-refractivity contribution < 1.29 is 43.5 Å². The molecule has 5 aliphatic heterocycles. The Hall–Kier alpha value is -1.40. The Kier molecular flexibility index (Phi) is 13.6. The van der Waals surface area contributed by atoms with Crippen LogP contribution < -0.4 is 0 Å². The number of ether oxygens (including phenoxy) is 5. The van der Waals surface area contributed by atoms with Crippen molar-refractivity contribution in [3.05, 3.63) is 12.2 Å². The summed E-state index contributed by atoms with van der Waals surface area (Å²) in [7, 11) is 3.63. The maximum atomic E-state index is 14.5. The summed E-state index contributed by atoms with van der Waals surface area (Å²) in [5, 5.41) is 22.5. The summed E-state index contributed by atoms with van der Waals surface area (Å²) >= 11 is 0. The summed E-state index contributed by atoms with van der Waals surface area (Å²) in [4.78, 5) is 29.4. The van der Waals surface area contributed by atoms with Gasteiger partial charge in [0.15, 0.2) is 5.79 Å². The van der Waals surface area contributed by atoms with E-state index in [9.17, 15) is 19.8 Å². The van der Waals surface area contributed by atoms with Crippen molar-refractivity contribution in [2.45, 2.75) is 206 Å². The molecule has 10 heteroatoms. The Bertz CT molecular complexity index is 1390. The second-order valence-electron chi connectivity index (χ2n) is 19.4. The van der Waals surface area contributed by atoms with Gasteiger partial charge in [-0.1, -0.05) is 55.4 Å². The van der Waals surface area contributed by atoms with E-state index in [-0.39, 0.29) is 71.6 Å². The van der Waals surface area contributed by atoms with E-state index >= 15 is 0 Å². The van der Waals surface area contributed by atoms with Gasteiger partial charge in [0.05, 0.1) is 47.1 Å². The van der Waals surface area contributed by atoms with E-state index in [2.05, 4.69) is 55.4 Å². The molecule has 10 nitrogen and oxygen atoms in total. The molecule has 2 spiro atoms. The topological polar surface area (TPSA) is 124 Å². The van der Waals surface area contributed by atoms with Gasteiger partial charge in [0.1, 0.15) is 11.9 Å². The van der Waals surface area contributed by atoms with Crippen molar-refractivity contribution >= 4 is 11.7 Å². The summed E-state index contributed by atoms with van der Waals surface area (Å²) in [6.07, 6.45) is 9.30. The summed E-state index contributed by atoms with van der Waals surface area (Å²) < 4.78 is 34.2. The number of hydrogen-bond acceptors (Lipinski definition) is 9. The molecule has 4 saturated heterocycles. The first-order valence-corrected chi connectivity index (χ1v) is 21.9. The van der Waals surface area contributed by atoms with E-state index in [1.807, 2.05) is 40.9 Å². The number of amides is 1. The Morgan fingerprint density at radius 3 is 2.18 bits per heavy atom. The van der Waals surface area contributed by atoms with Crippen LogP contribution in [-0.4, -0.2) is 99.8 Å². The number of rotatable bonds is 12. The Balaban J connectivity index is 1.29. The average molecular weight is 776 g/mol. The zero-order valence-corrected chi connectivity index (χ0v) is 36.6. The van der Waals surface area contributed by atoms with Crippen molar-refractivity contribution in [3.63, 3.8) is 0 Å². The Morgan fingerprint density at radius 1 is 0.891 bits per heavy atom. The fraction of sp³-hybridized carbons (Fsp3) is 0.911. The summed E-state index contributed by atoms with van der Waals surface area (Å²) in [6.45, 7) is 23.0. The van der Waals surface area contributed by atoms with Gasteiger partial charge in [0.2, 0.25) is 11.7 Å². The molecule has 0 aliphatic carbocycles. The van der Waals surface area contributed by atoms with Gasteiger partial charge in [-0.15, -0.1) is 0 Å². The second kappa shape index (κ2) is 16.7. The molecule has 1 amide bonds. The largest absolute Gasteiger partial charge is 0.387 e. The van der Waals surface area contributed by atoms with Crippen molar-refractivity contribution in [2.75, 3.05) is 14.1 Å². The van der Waals surface area contributed by atoms with Crippen LogP contribution in [-0.2, 0) is 33.3 Å². The van der Waals surface area contributed by atoms with Crippen LogP contribution in [0.4, 0.5) is 0 Å². The third-order valence-corrected chi connectivity index (χ3v) is 15.1. The molecule has 0 saturated carbocycles. The maximum absolute atomic E-state index is 14.5. The van der Waals surface area contributed by atoms with Gasteiger partial charge in [-0.2, -0.15) is 0 Å². The molecule has 4 fully saturated rings. The molecular weight excluding hydrogens is 698 g/mol. The predicted molar refractivity (Wildman–Crippen MR) is 213 cm³/mol. The highest BCUT2D eigenvalue weighted by atomic mass is 16.8. The number of Topliss-reactive ketones (excluding diaryl/α,β-unsaturated/α-hetero) is 1. The van der Waals surface area contributed by atoms with E-state index in [1.54, 1.807) is 11.0 Å². The zero-order valence-electron chi connectivity index (χ0n) is 36.6. The number of carbonyl (C=O) groups excluding carboxylic acids is 2. The van der Waals surface area contributed by atoms with Crippen molar-refractivity contribution in [1.82, 2.24) is 4.90 Å². The van der Waals surface area contributed by atoms with Crippen LogP contribution in [0.5, 0.6) is 0 Å². The average Bonchev–Trinajstić information content (AvgIpc) is 3.48. The summed E-state index contributed by atoms with van der Waals surface area (Å²) in [5.41, 5.74) is -2.12. The predicted octanol–water partition coefficient (Wildman–Crippen LogP) is 7.61. The lowest BCUT2D eigenvalue weighted by Gasteiger charge is -2.54. The third-order valence-electron chi connectivity index (χ3n) is 15.1. The smallest absolute Gasteiger partial charge is 0.228 e. The summed E-state index contributed by atoms with van der Waals surface area (Å²) in [5.74, 6) is -2.40. The van der Waals surface area contributed by atoms with Crippen molar-refractivity contribution in [2.24, 2.45) is 41.4 Å². The molecule has 0 radical (unpaired) electrons. The van der Waals surface area contributed by atoms with Crippen LogP contribution in [0.2, 0.25) is 0 Å². The minimum absolute atomic E-state index is 0.0454. The lowest BCUT2D eigenvalue weighted by molar-refractivity contribution is -0.409. The van der Waals surface area contributed by atoms with Gasteiger partial charge in [-0.25, -0.2) is 0 Å². The van der Waals surface area contributed by atoms with Gasteiger partial charge < -0.3 is 38.8 Å². The molecule has 5 heterocycles. The molecule has 5 aliphatic rings. The van der Waals surface area contributed by atoms with E-state index in [1.165, 1.54) is 0 Å². The third kappa shape index (κ3) is 8.40. The van der Waals surface area contributed by atoms with Gasteiger partial charge in [0.25, 0.3) is 0 Å². The number of aliphatic hydroxyl groups excluding tert-OH is 1. The fourth-order valence-electron chi connectivity index (χ4n) is 11.3. The first kappa shape index (κ1) is 44.7. The Morgan fingerprint density at radius 2 is 1.58 bits per heavy atom. The molecule has 2 N–H and O–H groups in total. The van der Waals surface area contributed by atoms with Crippen molar-refractivity contribution in [3.8, 4) is 0 Å². The number of carbonyl (C=O) groups is 2. The van der Waals surface area contributed by atoms with Gasteiger partial charge in [-0.05, 0) is 115 Å². The molecule has 55 heavy (non-hydrogen) atoms. The lowest BCUT2D eigenvalue weighted by atomic mass is 9.72. The lowest BCUT2D eigenvalue weighted by Crippen LogP contribution is -2.63. The van der Waals surface area contributed by atoms with E-state index < -0.39 is 34.5 Å². The monoisotopic (exact) mass is 776 g/mol. The SMILES string of the molecule is CC[C@@H](C(=O)[C@@H](C)C[C@H](C)[C@@H]1O[C@@](C)([C@@H](CC)C(=O)N(C)C)CC[C@@H]1C)[C@H]1O[C@]2(C=C[C@@H](O)[C@]3(CC[C@@](C)([C@H]4CC[C@](O)(CC)[C@H](C)O4)O3)O2)[C@H](C)C[C@@H]1C. The summed E-state index contributed by atoms with van der Waals surface area (Å²) in [6, 6.07) is 0. The Labute approximate surface area is 332 Å². The van der Waals surface area contributed by atoms with Crippen molar-refractivity contribution in [1.29, 1.82) is 0 Å². The van der Waals surface area contributed by atoms with Gasteiger partial charge in [-0.3, -0.25) is 9.59 Å². The number of nitrogens with zero attached hydrogens (tertiary/aromatic N) is 1. The standard InChI is InChI=1S/C45H77NO9/c1-14-33(37(48)28(5)25-29(6)38-27(4)17-20-41(10,52-38)34(15-2)40(49)46(12)13)39-30(7)26-31(8)44(53-39)22-18-35(47)45(55-44)24-23-42(11,54-45)36-19-21-43(50,16-3)32(9)51-36/h18,22,27-36,38-39,47,50H,14-17,19-21,23-26H2,1-13H3/t27-,28-,29-,30-,31+,32-,33-,34-,35+,36+,38+,39-,41+,42-,43+,44-,45-/m0/s1. The molecule has 5 rings (SSSR count). The molecular formula is C45H77NO9. The number of aliphatic hydroxyl groups is 2. The highest BCUT2D eigenvalue weighted by molar-refractivity contribution is 5.83. The number of hydrogen-bond donors (Lipinski definition) is 2. The molecule has 0 aromatic rings. The molecule has 0 bridgehead atoms. The molecule has 316 valence electrons. The van der Waals surface area contributed by atoms with Crippen LogP contribution in [0.25, 0.3) is 0 Å². The molecule has 0 aromatic carbocycles. The fourth-order valence-corrected chi connectivity index (χ4v) is 11.3. The van der Waals surface area contributed by atoms with E-state index in [4.69, 9.17) is 23.7 Å². The van der Waals surface area contributed by atoms with Crippen LogP contribution in [0, 0.1) is 41.4 Å². The number of ketones is 1. The minimum Gasteiger partial charge on any atom is -0.387 e. The van der Waals surface area contributed by atoms with Crippen LogP contribution >= 0.6 is 0 Å². The second-order valence-corrected chi connectivity index (χ2v) is 19.4. The normalized spacial score (nSPS) is 45.7. The van der Waals surface area contributed by atoms with E-state index in [0.717, 1.165) is 25.7 Å². The van der Waals surface area contributed by atoms with Gasteiger partial charge in [0, 0.05) is 38.3 Å². The quantitative estimate of drug-likeness (QED) is 0.193. The minimum atomic E-state index is -1.32. The van der Waals surface area contributed by atoms with Crippen LogP contribution in [0.3, 0.4) is 0 Å². The zero-order chi connectivity index (χ0) is 40.9. The van der Waals surface area contributed by atoms with Crippen LogP contribution in [0.1, 0.15) is 147 Å². The highest BCUT2D eigenvalue weighted by Gasteiger charge is 2.63. The molecule has 0 aromatic heterocycles. The molecule has 17 atom stereocenters. The van der Waals surface area contributed by atoms with Gasteiger partial charge >= 0.3 is 0 Å². The van der Waals surface area contributed by atoms with E-state index in [0.29, 0.717) is 50.9 Å². The first-order chi connectivity index (χ1) is 25.6. The first-order valence-electron chi connectivity index (χ1n) is 21.9. The van der Waals surface area contributed by atoms with Crippen LogP contribution in [0.15, 0.2) is 12.2 Å².